The number of pyridine rings is 1. The molecule has 2 aromatic heterocycles. The number of aromatic nitrogens is 3. The number of hydrogen-bond acceptors (Lipinski definition) is 7. The van der Waals surface area contributed by atoms with Crippen LogP contribution in [0.15, 0.2) is 42.7 Å². The molecule has 2 saturated heterocycles. The van der Waals surface area contributed by atoms with Gasteiger partial charge in [-0.25, -0.2) is 9.97 Å². The summed E-state index contributed by atoms with van der Waals surface area (Å²) in [6.45, 7) is 5.56. The first-order chi connectivity index (χ1) is 17.1. The van der Waals surface area contributed by atoms with Gasteiger partial charge in [0, 0.05) is 44.1 Å². The quantitative estimate of drug-likeness (QED) is 0.509. The maximum Gasteiger partial charge on any atom is 0.246 e. The van der Waals surface area contributed by atoms with Crippen LogP contribution in [-0.4, -0.2) is 75.7 Å². The standard InChI is InChI=1S/C26H32N6O2S/c1-3-35(2)32-12-8-19(9-13-32)18-4-6-20(7-5-18)22-14-23-25(28-11-10-27-23)26(31-22)30-16-21-15-29-24(33)17-34-21/h3-7,10-11,14,19,21H,8-9,12-13,15-17H2,1-2H3,(H,29,33)(H,30,31)/t21-,35?/m0/s1. The second kappa shape index (κ2) is 10.8. The highest BCUT2D eigenvalue weighted by Gasteiger charge is 2.22. The summed E-state index contributed by atoms with van der Waals surface area (Å²) in [6, 6.07) is 10.8. The number of nitrogens with one attached hydrogen (secondary N) is 2. The number of ether oxygens (including phenoxy) is 1. The fourth-order valence-electron chi connectivity index (χ4n) is 4.67. The molecule has 0 radical (unpaired) electrons. The van der Waals surface area contributed by atoms with Crippen LogP contribution in [0.25, 0.3) is 22.3 Å². The minimum atomic E-state index is -0.116. The van der Waals surface area contributed by atoms with Gasteiger partial charge in [0.2, 0.25) is 5.91 Å². The average molecular weight is 493 g/mol. The molecule has 2 aliphatic rings. The Kier molecular flexibility index (Phi) is 7.36. The van der Waals surface area contributed by atoms with Crippen molar-refractivity contribution in [1.82, 2.24) is 24.6 Å². The van der Waals surface area contributed by atoms with Crippen molar-refractivity contribution in [2.24, 2.45) is 0 Å². The number of rotatable bonds is 6. The Morgan fingerprint density at radius 1 is 1.20 bits per heavy atom. The summed E-state index contributed by atoms with van der Waals surface area (Å²) in [4.78, 5) is 25.2. The lowest BCUT2D eigenvalue weighted by Gasteiger charge is -2.33. The molecule has 9 heteroatoms. The zero-order valence-electron chi connectivity index (χ0n) is 20.2. The normalized spacial score (nSPS) is 20.6. The highest BCUT2D eigenvalue weighted by molar-refractivity contribution is 8.12. The first-order valence-corrected chi connectivity index (χ1v) is 13.8. The van der Waals surface area contributed by atoms with E-state index < -0.39 is 0 Å². The van der Waals surface area contributed by atoms with E-state index in [0.29, 0.717) is 24.8 Å². The van der Waals surface area contributed by atoms with Crippen molar-refractivity contribution in [1.29, 1.82) is 0 Å². The predicted octanol–water partition coefficient (Wildman–Crippen LogP) is 3.43. The molecule has 2 fully saturated rings. The summed E-state index contributed by atoms with van der Waals surface area (Å²) in [5, 5.41) is 8.50. The van der Waals surface area contributed by atoms with Crippen molar-refractivity contribution in [3.05, 3.63) is 48.3 Å². The molecule has 5 rings (SSSR count). The third kappa shape index (κ3) is 5.52. The van der Waals surface area contributed by atoms with Crippen LogP contribution in [0.4, 0.5) is 5.82 Å². The largest absolute Gasteiger partial charge is 0.366 e. The smallest absolute Gasteiger partial charge is 0.246 e. The van der Waals surface area contributed by atoms with Gasteiger partial charge >= 0.3 is 0 Å². The van der Waals surface area contributed by atoms with Gasteiger partial charge in [-0.05, 0) is 43.6 Å². The maximum atomic E-state index is 11.3. The number of nitrogens with zero attached hydrogens (tertiary/aromatic N) is 4. The van der Waals surface area contributed by atoms with E-state index in [1.165, 1.54) is 18.4 Å². The van der Waals surface area contributed by atoms with Gasteiger partial charge in [-0.15, -0.1) is 10.7 Å². The van der Waals surface area contributed by atoms with Crippen LogP contribution >= 0.6 is 10.7 Å². The Balaban J connectivity index is 1.32. The van der Waals surface area contributed by atoms with Crippen LogP contribution in [0.5, 0.6) is 0 Å². The second-order valence-electron chi connectivity index (χ2n) is 8.98. The van der Waals surface area contributed by atoms with Gasteiger partial charge in [0.15, 0.2) is 5.82 Å². The molecule has 0 bridgehead atoms. The lowest BCUT2D eigenvalue weighted by Crippen LogP contribution is -2.45. The molecular formula is C26H32N6O2S. The SMILES string of the molecule is C/C=S(\C)N1CCC(c2ccc(-c3cc4nccnc4c(NC[C@@H]4CNC(=O)CO4)n3)cc2)CC1. The fraction of sp³-hybridized carbons (Fsp3) is 0.423. The number of morpholine rings is 1. The highest BCUT2D eigenvalue weighted by atomic mass is 32.2. The number of fused-ring (bicyclic) bond motifs is 1. The topological polar surface area (TPSA) is 92.3 Å². The lowest BCUT2D eigenvalue weighted by atomic mass is 9.89. The first-order valence-electron chi connectivity index (χ1n) is 12.1. The van der Waals surface area contributed by atoms with E-state index in [-0.39, 0.29) is 29.3 Å². The van der Waals surface area contributed by atoms with Crippen LogP contribution in [0.1, 0.15) is 31.2 Å². The van der Waals surface area contributed by atoms with Crippen LogP contribution < -0.4 is 10.6 Å². The Morgan fingerprint density at radius 3 is 2.69 bits per heavy atom. The van der Waals surface area contributed by atoms with Crippen LogP contribution in [-0.2, 0) is 9.53 Å². The third-order valence-corrected chi connectivity index (χ3v) is 8.67. The van der Waals surface area contributed by atoms with Gasteiger partial charge in [0.1, 0.15) is 12.1 Å². The van der Waals surface area contributed by atoms with Crippen molar-refractivity contribution in [2.45, 2.75) is 31.8 Å². The number of hydrogen-bond donors (Lipinski definition) is 2. The van der Waals surface area contributed by atoms with E-state index in [9.17, 15) is 4.79 Å². The molecule has 8 nitrogen and oxygen atoms in total. The zero-order chi connectivity index (χ0) is 24.2. The summed E-state index contributed by atoms with van der Waals surface area (Å²) in [5.41, 5.74) is 4.82. The van der Waals surface area contributed by atoms with Crippen molar-refractivity contribution < 1.29 is 9.53 Å². The number of anilines is 1. The Labute approximate surface area is 208 Å². The number of carbonyl (C=O) groups excluding carboxylic acids is 1. The van der Waals surface area contributed by atoms with Gasteiger partial charge in [-0.1, -0.05) is 29.6 Å². The first kappa shape index (κ1) is 23.8. The number of amides is 1. The highest BCUT2D eigenvalue weighted by Crippen LogP contribution is 2.33. The van der Waals surface area contributed by atoms with Crippen molar-refractivity contribution in [3.63, 3.8) is 0 Å². The summed E-state index contributed by atoms with van der Waals surface area (Å²) in [6.07, 6.45) is 7.96. The number of piperidine rings is 1. The van der Waals surface area contributed by atoms with Gasteiger partial charge in [-0.2, -0.15) is 0 Å². The van der Waals surface area contributed by atoms with Crippen molar-refractivity contribution in [3.8, 4) is 11.3 Å². The van der Waals surface area contributed by atoms with Gasteiger partial charge in [0.05, 0.1) is 17.3 Å². The summed E-state index contributed by atoms with van der Waals surface area (Å²) in [7, 11) is 0.274. The van der Waals surface area contributed by atoms with Crippen LogP contribution in [0.3, 0.4) is 0 Å². The second-order valence-corrected chi connectivity index (χ2v) is 11.0. The molecule has 4 heterocycles. The molecule has 0 aliphatic carbocycles. The van der Waals surface area contributed by atoms with Crippen molar-refractivity contribution >= 4 is 38.8 Å². The summed E-state index contributed by atoms with van der Waals surface area (Å²) >= 11 is 0. The number of carbonyl (C=O) groups is 1. The van der Waals surface area contributed by atoms with Gasteiger partial charge < -0.3 is 15.4 Å². The molecule has 2 N–H and O–H groups in total. The van der Waals surface area contributed by atoms with E-state index in [2.05, 4.69) is 67.7 Å². The van der Waals surface area contributed by atoms with Crippen molar-refractivity contribution in [2.75, 3.05) is 44.4 Å². The summed E-state index contributed by atoms with van der Waals surface area (Å²) in [5.74, 6) is 1.20. The Hall–Kier alpha value is -2.88. The molecule has 2 atom stereocenters. The van der Waals surface area contributed by atoms with E-state index >= 15 is 0 Å². The molecule has 1 unspecified atom stereocenters. The molecule has 184 valence electrons. The molecule has 2 aliphatic heterocycles. The van der Waals surface area contributed by atoms with E-state index in [4.69, 9.17) is 9.72 Å². The van der Waals surface area contributed by atoms with E-state index in [0.717, 1.165) is 35.4 Å². The molecule has 1 amide bonds. The van der Waals surface area contributed by atoms with Gasteiger partial charge in [0.25, 0.3) is 0 Å². The monoisotopic (exact) mass is 492 g/mol. The van der Waals surface area contributed by atoms with E-state index in [1.807, 2.05) is 6.07 Å². The zero-order valence-corrected chi connectivity index (χ0v) is 21.1. The fourth-order valence-corrected chi connectivity index (χ4v) is 5.75. The molecule has 0 saturated carbocycles. The third-order valence-electron chi connectivity index (χ3n) is 6.81. The minimum absolute atomic E-state index is 0.0823. The summed E-state index contributed by atoms with van der Waals surface area (Å²) < 4.78 is 8.18. The van der Waals surface area contributed by atoms with Gasteiger partial charge in [-0.3, -0.25) is 14.1 Å². The molecule has 0 spiro atoms. The lowest BCUT2D eigenvalue weighted by molar-refractivity contribution is -0.132. The minimum Gasteiger partial charge on any atom is -0.366 e. The number of benzene rings is 1. The van der Waals surface area contributed by atoms with Crippen LogP contribution in [0, 0.1) is 0 Å². The molecule has 35 heavy (non-hydrogen) atoms. The average Bonchev–Trinajstić information content (AvgIpc) is 2.92. The molecule has 1 aromatic carbocycles. The maximum absolute atomic E-state index is 11.3. The van der Waals surface area contributed by atoms with Crippen LogP contribution in [0.2, 0.25) is 0 Å². The molecular weight excluding hydrogens is 460 g/mol. The van der Waals surface area contributed by atoms with E-state index in [1.54, 1.807) is 12.4 Å². The predicted molar refractivity (Wildman–Crippen MR) is 143 cm³/mol. The Bertz CT molecular complexity index is 1210. The molecule has 3 aromatic rings. The Morgan fingerprint density at radius 2 is 1.97 bits per heavy atom.